The summed E-state index contributed by atoms with van der Waals surface area (Å²) >= 11 is 0. The minimum Gasteiger partial charge on any atom is -0.386 e. The van der Waals surface area contributed by atoms with Gasteiger partial charge in [0.05, 0.1) is 17.0 Å². The van der Waals surface area contributed by atoms with Crippen molar-refractivity contribution >= 4 is 21.6 Å². The lowest BCUT2D eigenvalue weighted by molar-refractivity contribution is 0.0786. The Balaban J connectivity index is 1.76. The highest BCUT2D eigenvalue weighted by Crippen LogP contribution is 2.51. The topological polar surface area (TPSA) is 60.9 Å². The van der Waals surface area contributed by atoms with Gasteiger partial charge in [-0.25, -0.2) is 8.78 Å². The fourth-order valence-corrected chi connectivity index (χ4v) is 5.19. The molecule has 2 aromatic rings. The van der Waals surface area contributed by atoms with Gasteiger partial charge in [-0.3, -0.25) is 8.61 Å². The molecular formula is C21H24F2N2O3S. The average molecular weight is 422 g/mol. The fourth-order valence-electron chi connectivity index (χ4n) is 3.72. The van der Waals surface area contributed by atoms with Gasteiger partial charge >= 0.3 is 10.2 Å². The molecule has 1 aliphatic heterocycles. The second kappa shape index (κ2) is 6.15. The summed E-state index contributed by atoms with van der Waals surface area (Å²) in [6.45, 7) is 5.13. The third-order valence-electron chi connectivity index (χ3n) is 5.80. The Morgan fingerprint density at radius 3 is 2.41 bits per heavy atom. The Hall–Kier alpha value is -2.19. The van der Waals surface area contributed by atoms with Gasteiger partial charge in [0.15, 0.2) is 0 Å². The van der Waals surface area contributed by atoms with Crippen molar-refractivity contribution in [3.63, 3.8) is 0 Å². The number of rotatable bonds is 4. The molecule has 156 valence electrons. The van der Waals surface area contributed by atoms with Crippen molar-refractivity contribution in [2.24, 2.45) is 5.92 Å². The van der Waals surface area contributed by atoms with Crippen LogP contribution in [0.3, 0.4) is 0 Å². The Labute approximate surface area is 169 Å². The van der Waals surface area contributed by atoms with E-state index in [0.717, 1.165) is 30.9 Å². The highest BCUT2D eigenvalue weighted by Gasteiger charge is 2.59. The third kappa shape index (κ3) is 3.28. The molecule has 2 aromatic carbocycles. The molecule has 0 aromatic heterocycles. The van der Waals surface area contributed by atoms with Crippen molar-refractivity contribution in [3.05, 3.63) is 47.5 Å². The quantitative estimate of drug-likeness (QED) is 0.809. The van der Waals surface area contributed by atoms with E-state index in [4.69, 9.17) is 0 Å². The number of halogens is 2. The molecule has 1 aliphatic carbocycles. The lowest BCUT2D eigenvalue weighted by Gasteiger charge is -2.20. The minimum absolute atomic E-state index is 0.223. The Morgan fingerprint density at radius 2 is 1.83 bits per heavy atom. The van der Waals surface area contributed by atoms with E-state index in [9.17, 15) is 22.3 Å². The molecule has 5 nitrogen and oxygen atoms in total. The SMILES string of the molecule is Cc1ccc(C(C)(C)O)cc1-c1ccc2c(c1)N(C)S(=O)(=O)N2CC1CC1(F)F. The van der Waals surface area contributed by atoms with Crippen LogP contribution in [0, 0.1) is 12.8 Å². The van der Waals surface area contributed by atoms with Gasteiger partial charge in [0, 0.05) is 25.9 Å². The van der Waals surface area contributed by atoms with E-state index in [-0.39, 0.29) is 13.0 Å². The largest absolute Gasteiger partial charge is 0.386 e. The Bertz CT molecular complexity index is 1090. The van der Waals surface area contributed by atoms with E-state index < -0.39 is 27.7 Å². The summed E-state index contributed by atoms with van der Waals surface area (Å²) in [6.07, 6.45) is -0.279. The molecule has 0 saturated heterocycles. The van der Waals surface area contributed by atoms with Crippen LogP contribution in [0.15, 0.2) is 36.4 Å². The second-order valence-corrected chi connectivity index (χ2v) is 10.3. The fraction of sp³-hybridized carbons (Fsp3) is 0.429. The van der Waals surface area contributed by atoms with Crippen molar-refractivity contribution < 1.29 is 22.3 Å². The highest BCUT2D eigenvalue weighted by atomic mass is 32.2. The summed E-state index contributed by atoms with van der Waals surface area (Å²) in [6, 6.07) is 10.9. The average Bonchev–Trinajstić information content (AvgIpc) is 3.18. The van der Waals surface area contributed by atoms with Gasteiger partial charge in [-0.2, -0.15) is 8.42 Å². The van der Waals surface area contributed by atoms with E-state index >= 15 is 0 Å². The first kappa shape index (κ1) is 20.1. The van der Waals surface area contributed by atoms with Gasteiger partial charge in [-0.15, -0.1) is 0 Å². The van der Waals surface area contributed by atoms with Crippen LogP contribution in [0.1, 0.15) is 31.4 Å². The summed E-state index contributed by atoms with van der Waals surface area (Å²) in [4.78, 5) is 0. The van der Waals surface area contributed by atoms with Gasteiger partial charge in [0.1, 0.15) is 0 Å². The molecule has 8 heteroatoms. The maximum absolute atomic E-state index is 13.4. The smallest absolute Gasteiger partial charge is 0.326 e. The molecule has 1 fully saturated rings. The molecule has 1 N–H and O–H groups in total. The van der Waals surface area contributed by atoms with Crippen LogP contribution in [0.4, 0.5) is 20.2 Å². The predicted molar refractivity (Wildman–Crippen MR) is 110 cm³/mol. The van der Waals surface area contributed by atoms with Crippen LogP contribution in [0.2, 0.25) is 0 Å². The molecule has 1 saturated carbocycles. The number of hydrogen-bond donors (Lipinski definition) is 1. The molecular weight excluding hydrogens is 398 g/mol. The third-order valence-corrected chi connectivity index (χ3v) is 7.60. The molecule has 29 heavy (non-hydrogen) atoms. The van der Waals surface area contributed by atoms with E-state index in [1.807, 2.05) is 25.1 Å². The molecule has 4 rings (SSSR count). The Morgan fingerprint density at radius 1 is 1.17 bits per heavy atom. The summed E-state index contributed by atoms with van der Waals surface area (Å²) in [7, 11) is -2.44. The molecule has 0 spiro atoms. The number of aryl methyl sites for hydroxylation is 1. The summed E-state index contributed by atoms with van der Waals surface area (Å²) < 4.78 is 54.6. The van der Waals surface area contributed by atoms with Gasteiger partial charge in [0.25, 0.3) is 5.92 Å². The van der Waals surface area contributed by atoms with E-state index in [1.165, 1.54) is 7.05 Å². The van der Waals surface area contributed by atoms with E-state index in [1.54, 1.807) is 32.0 Å². The zero-order valence-corrected chi connectivity index (χ0v) is 17.6. The molecule has 0 radical (unpaired) electrons. The number of hydrogen-bond acceptors (Lipinski definition) is 3. The normalized spacial score (nSPS) is 22.0. The molecule has 0 bridgehead atoms. The van der Waals surface area contributed by atoms with Crippen molar-refractivity contribution in [3.8, 4) is 11.1 Å². The van der Waals surface area contributed by atoms with Gasteiger partial charge in [-0.05, 0) is 61.2 Å². The molecule has 2 aliphatic rings. The molecule has 0 amide bonds. The van der Waals surface area contributed by atoms with E-state index in [2.05, 4.69) is 0 Å². The monoisotopic (exact) mass is 422 g/mol. The molecule has 1 atom stereocenters. The molecule has 1 unspecified atom stereocenters. The maximum atomic E-state index is 13.4. The van der Waals surface area contributed by atoms with Crippen molar-refractivity contribution in [1.82, 2.24) is 0 Å². The number of fused-ring (bicyclic) bond motifs is 1. The maximum Gasteiger partial charge on any atom is 0.326 e. The number of alkyl halides is 2. The zero-order chi connectivity index (χ0) is 21.4. The lowest BCUT2D eigenvalue weighted by atomic mass is 9.91. The number of nitrogens with zero attached hydrogens (tertiary/aromatic N) is 2. The highest BCUT2D eigenvalue weighted by molar-refractivity contribution is 7.94. The van der Waals surface area contributed by atoms with Crippen LogP contribution in [0.5, 0.6) is 0 Å². The zero-order valence-electron chi connectivity index (χ0n) is 16.8. The summed E-state index contributed by atoms with van der Waals surface area (Å²) in [5.41, 5.74) is 3.27. The summed E-state index contributed by atoms with van der Waals surface area (Å²) in [5, 5.41) is 10.3. The summed E-state index contributed by atoms with van der Waals surface area (Å²) in [5.74, 6) is -3.73. The van der Waals surface area contributed by atoms with Gasteiger partial charge in [-0.1, -0.05) is 18.2 Å². The van der Waals surface area contributed by atoms with Gasteiger partial charge in [0.2, 0.25) is 0 Å². The van der Waals surface area contributed by atoms with Crippen LogP contribution in [-0.4, -0.2) is 33.0 Å². The van der Waals surface area contributed by atoms with Gasteiger partial charge < -0.3 is 5.11 Å². The first-order valence-corrected chi connectivity index (χ1v) is 10.8. The van der Waals surface area contributed by atoms with Crippen LogP contribution in [-0.2, 0) is 15.8 Å². The van der Waals surface area contributed by atoms with Crippen molar-refractivity contribution in [1.29, 1.82) is 0 Å². The first-order valence-electron chi connectivity index (χ1n) is 9.45. The lowest BCUT2D eigenvalue weighted by Crippen LogP contribution is -2.37. The predicted octanol–water partition coefficient (Wildman–Crippen LogP) is 4.05. The second-order valence-electron chi connectivity index (χ2n) is 8.46. The van der Waals surface area contributed by atoms with Crippen LogP contribution in [0.25, 0.3) is 11.1 Å². The van der Waals surface area contributed by atoms with Crippen molar-refractivity contribution in [2.75, 3.05) is 22.2 Å². The van der Waals surface area contributed by atoms with E-state index in [0.29, 0.717) is 11.4 Å². The van der Waals surface area contributed by atoms with Crippen LogP contribution >= 0.6 is 0 Å². The van der Waals surface area contributed by atoms with Crippen LogP contribution < -0.4 is 8.61 Å². The number of anilines is 2. The first-order chi connectivity index (χ1) is 13.3. The number of benzene rings is 2. The molecule has 1 heterocycles. The Kier molecular flexibility index (Phi) is 4.26. The van der Waals surface area contributed by atoms with Crippen molar-refractivity contribution in [2.45, 2.75) is 38.7 Å². The minimum atomic E-state index is -3.88. The standard InChI is InChI=1S/C21H24F2N2O3S/c1-13-5-7-15(20(2,3)26)10-17(13)14-6-8-18-19(9-14)24(4)29(27,28)25(18)12-16-11-21(16,22)23/h5-10,16,26H,11-12H2,1-4H3. The number of aliphatic hydroxyl groups is 1.